The summed E-state index contributed by atoms with van der Waals surface area (Å²) in [6.07, 6.45) is 7.36. The second-order valence-corrected chi connectivity index (χ2v) is 6.42. The van der Waals surface area contributed by atoms with E-state index in [-0.39, 0.29) is 5.71 Å². The molecule has 3 N–H and O–H groups in total. The number of nitrogens with zero attached hydrogens (tertiary/aromatic N) is 2. The van der Waals surface area contributed by atoms with Crippen molar-refractivity contribution in [2.45, 2.75) is 20.0 Å². The summed E-state index contributed by atoms with van der Waals surface area (Å²) in [6, 6.07) is 5.14. The normalized spacial score (nSPS) is 12.8. The Morgan fingerprint density at radius 3 is 2.59 bits per heavy atom. The van der Waals surface area contributed by atoms with Crippen molar-refractivity contribution in [2.75, 3.05) is 5.73 Å². The van der Waals surface area contributed by atoms with Crippen molar-refractivity contribution in [1.29, 1.82) is 5.41 Å². The predicted molar refractivity (Wildman–Crippen MR) is 113 cm³/mol. The zero-order valence-corrected chi connectivity index (χ0v) is 16.6. The van der Waals surface area contributed by atoms with E-state index in [0.717, 1.165) is 0 Å². The van der Waals surface area contributed by atoms with Crippen LogP contribution in [0.25, 0.3) is 0 Å². The molecule has 1 heterocycles. The van der Waals surface area contributed by atoms with Crippen LogP contribution in [-0.4, -0.2) is 16.9 Å². The van der Waals surface area contributed by atoms with Gasteiger partial charge in [-0.1, -0.05) is 35.9 Å². The number of nitrogens with one attached hydrogen (secondary N) is 1. The molecular formula is C20H20Cl2N4O. The van der Waals surface area contributed by atoms with Crippen LogP contribution >= 0.6 is 23.2 Å². The number of anilines is 1. The first-order valence-corrected chi connectivity index (χ1v) is 8.89. The lowest BCUT2D eigenvalue weighted by Gasteiger charge is -2.18. The molecule has 1 atom stereocenters. The smallest absolute Gasteiger partial charge is 0.124 e. The van der Waals surface area contributed by atoms with Crippen LogP contribution in [0.3, 0.4) is 0 Å². The summed E-state index contributed by atoms with van der Waals surface area (Å²) >= 11 is 12.4. The minimum Gasteiger partial charge on any atom is -0.486 e. The molecule has 0 amide bonds. The molecule has 0 bridgehead atoms. The number of benzene rings is 1. The number of allylic oxidation sites excluding steroid dienone is 2. The quantitative estimate of drug-likeness (QED) is 0.464. The van der Waals surface area contributed by atoms with Crippen LogP contribution in [0.2, 0.25) is 10.0 Å². The van der Waals surface area contributed by atoms with Gasteiger partial charge in [0.15, 0.2) is 0 Å². The Balaban J connectivity index is 2.33. The van der Waals surface area contributed by atoms with Crippen LogP contribution < -0.4 is 10.5 Å². The lowest BCUT2D eigenvalue weighted by Crippen LogP contribution is -2.10. The second-order valence-electron chi connectivity index (χ2n) is 5.61. The SMILES string of the molecule is C=C/N=C\C(=C/C)C(=N)c1cc(OC(C)c2c(Cl)cncc2Cl)ccc1N. The maximum absolute atomic E-state index is 8.44. The van der Waals surface area contributed by atoms with Crippen molar-refractivity contribution in [3.05, 3.63) is 76.2 Å². The Bertz CT molecular complexity index is 902. The molecule has 2 aromatic rings. The molecule has 0 fully saturated rings. The molecule has 0 aliphatic heterocycles. The van der Waals surface area contributed by atoms with Gasteiger partial charge in [-0.15, -0.1) is 0 Å². The molecule has 1 aromatic heterocycles. The van der Waals surface area contributed by atoms with E-state index in [0.29, 0.717) is 38.2 Å². The molecule has 1 aromatic carbocycles. The number of halogens is 2. The molecule has 0 aliphatic rings. The van der Waals surface area contributed by atoms with E-state index in [1.807, 2.05) is 13.8 Å². The van der Waals surface area contributed by atoms with Crippen LogP contribution in [0.15, 0.2) is 60.0 Å². The first-order valence-electron chi connectivity index (χ1n) is 8.13. The van der Waals surface area contributed by atoms with Crippen molar-refractivity contribution >= 4 is 40.8 Å². The Morgan fingerprint density at radius 1 is 1.33 bits per heavy atom. The van der Waals surface area contributed by atoms with Gasteiger partial charge in [-0.3, -0.25) is 15.4 Å². The van der Waals surface area contributed by atoms with Gasteiger partial charge in [-0.2, -0.15) is 0 Å². The lowest BCUT2D eigenvalue weighted by molar-refractivity contribution is 0.227. The molecule has 2 rings (SSSR count). The number of ether oxygens (including phenoxy) is 1. The molecule has 140 valence electrons. The third-order valence-corrected chi connectivity index (χ3v) is 4.42. The van der Waals surface area contributed by atoms with Gasteiger partial charge >= 0.3 is 0 Å². The van der Waals surface area contributed by atoms with E-state index >= 15 is 0 Å². The molecule has 0 aliphatic carbocycles. The highest BCUT2D eigenvalue weighted by molar-refractivity contribution is 6.35. The summed E-state index contributed by atoms with van der Waals surface area (Å²) in [6.45, 7) is 7.20. The van der Waals surface area contributed by atoms with Crippen molar-refractivity contribution in [3.63, 3.8) is 0 Å². The summed E-state index contributed by atoms with van der Waals surface area (Å²) < 4.78 is 5.98. The number of nitrogens with two attached hydrogens (primary N) is 1. The van der Waals surface area contributed by atoms with Crippen LogP contribution in [0.5, 0.6) is 5.75 Å². The maximum Gasteiger partial charge on any atom is 0.124 e. The van der Waals surface area contributed by atoms with E-state index in [1.165, 1.54) is 18.6 Å². The largest absolute Gasteiger partial charge is 0.486 e. The Kier molecular flexibility index (Phi) is 7.16. The molecule has 0 spiro atoms. The van der Waals surface area contributed by atoms with Crippen molar-refractivity contribution in [2.24, 2.45) is 4.99 Å². The van der Waals surface area contributed by atoms with Crippen LogP contribution in [0, 0.1) is 5.41 Å². The van der Waals surface area contributed by atoms with Gasteiger partial charge < -0.3 is 10.5 Å². The topological polar surface area (TPSA) is 84.3 Å². The average Bonchev–Trinajstić information content (AvgIpc) is 2.63. The molecule has 0 saturated carbocycles. The zero-order valence-electron chi connectivity index (χ0n) is 15.0. The van der Waals surface area contributed by atoms with E-state index < -0.39 is 6.10 Å². The minimum atomic E-state index is -0.415. The molecular weight excluding hydrogens is 383 g/mol. The maximum atomic E-state index is 8.44. The van der Waals surface area contributed by atoms with Crippen LogP contribution in [0.1, 0.15) is 31.1 Å². The third kappa shape index (κ3) is 4.96. The summed E-state index contributed by atoms with van der Waals surface area (Å²) in [5, 5.41) is 9.29. The summed E-state index contributed by atoms with van der Waals surface area (Å²) in [4.78, 5) is 7.92. The van der Waals surface area contributed by atoms with Gasteiger partial charge in [0.1, 0.15) is 11.9 Å². The van der Waals surface area contributed by atoms with Gasteiger partial charge in [0.2, 0.25) is 0 Å². The van der Waals surface area contributed by atoms with Crippen molar-refractivity contribution < 1.29 is 4.74 Å². The van der Waals surface area contributed by atoms with Gasteiger partial charge in [-0.05, 0) is 32.0 Å². The molecule has 1 unspecified atom stereocenters. The second kappa shape index (κ2) is 9.35. The van der Waals surface area contributed by atoms with Gasteiger partial charge in [0, 0.05) is 47.2 Å². The number of nitrogen functional groups attached to an aromatic ring is 1. The highest BCUT2D eigenvalue weighted by Gasteiger charge is 2.17. The number of aromatic nitrogens is 1. The Morgan fingerprint density at radius 2 is 2.00 bits per heavy atom. The summed E-state index contributed by atoms with van der Waals surface area (Å²) in [5.41, 5.74) is 8.56. The Labute approximate surface area is 168 Å². The predicted octanol–water partition coefficient (Wildman–Crippen LogP) is 5.64. The lowest BCUT2D eigenvalue weighted by atomic mass is 10.0. The monoisotopic (exact) mass is 402 g/mol. The number of pyridine rings is 1. The van der Waals surface area contributed by atoms with Crippen molar-refractivity contribution in [1.82, 2.24) is 4.98 Å². The number of hydrogen-bond donors (Lipinski definition) is 2. The zero-order chi connectivity index (χ0) is 20.0. The van der Waals surface area contributed by atoms with Gasteiger partial charge in [0.05, 0.1) is 15.8 Å². The van der Waals surface area contributed by atoms with Gasteiger partial charge in [0.25, 0.3) is 0 Å². The van der Waals surface area contributed by atoms with Crippen LogP contribution in [0.4, 0.5) is 5.69 Å². The van der Waals surface area contributed by atoms with Gasteiger partial charge in [-0.25, -0.2) is 0 Å². The number of aliphatic imine (C=N–C) groups is 1. The Hall–Kier alpha value is -2.63. The molecule has 5 nitrogen and oxygen atoms in total. The molecule has 7 heteroatoms. The van der Waals surface area contributed by atoms with Crippen molar-refractivity contribution in [3.8, 4) is 5.75 Å². The highest BCUT2D eigenvalue weighted by atomic mass is 35.5. The fraction of sp³-hybridized carbons (Fsp3) is 0.150. The van der Waals surface area contributed by atoms with E-state index in [9.17, 15) is 0 Å². The number of hydrogen-bond acceptors (Lipinski definition) is 5. The van der Waals surface area contributed by atoms with E-state index in [2.05, 4.69) is 16.6 Å². The number of rotatable bonds is 7. The van der Waals surface area contributed by atoms with Crippen LogP contribution in [-0.2, 0) is 0 Å². The minimum absolute atomic E-state index is 0.235. The third-order valence-electron chi connectivity index (χ3n) is 3.82. The fourth-order valence-corrected chi connectivity index (χ4v) is 3.14. The van der Waals surface area contributed by atoms with E-state index in [1.54, 1.807) is 30.5 Å². The standard InChI is InChI=1S/C20H20Cl2N4O/c1-4-13(9-25-5-2)20(24)15-8-14(6-7-18(15)23)27-12(3)19-16(21)10-26-11-17(19)22/h4-12,24H,2,23H2,1,3H3/b13-4+,24-20?,25-9-. The average molecular weight is 403 g/mol. The molecule has 0 radical (unpaired) electrons. The summed E-state index contributed by atoms with van der Waals surface area (Å²) in [5.74, 6) is 0.538. The highest BCUT2D eigenvalue weighted by Crippen LogP contribution is 2.33. The molecule has 0 saturated heterocycles. The fourth-order valence-electron chi connectivity index (χ4n) is 2.47. The first-order chi connectivity index (χ1) is 12.9. The molecule has 27 heavy (non-hydrogen) atoms. The summed E-state index contributed by atoms with van der Waals surface area (Å²) in [7, 11) is 0. The first kappa shape index (κ1) is 20.7. The van der Waals surface area contributed by atoms with E-state index in [4.69, 9.17) is 39.1 Å².